The number of likely N-dealkylation sites (tertiary alicyclic amines) is 2. The van der Waals surface area contributed by atoms with Gasteiger partial charge in [-0.15, -0.1) is 0 Å². The van der Waals surface area contributed by atoms with Crippen LogP contribution in [0.4, 0.5) is 4.39 Å². The predicted molar refractivity (Wildman–Crippen MR) is 196 cm³/mol. The lowest BCUT2D eigenvalue weighted by Crippen LogP contribution is -2.61. The average molecular weight is 816 g/mol. The number of amides is 7. The molecule has 57 heavy (non-hydrogen) atoms. The van der Waals surface area contributed by atoms with Crippen molar-refractivity contribution in [1.82, 2.24) is 36.4 Å². The summed E-state index contributed by atoms with van der Waals surface area (Å²) in [7, 11) is 0. The molecular formula is C33H54FN11O12. The maximum Gasteiger partial charge on any atom is 0.305 e. The number of hydrogen-bond acceptors (Lipinski definition) is 13. The topological polar surface area (TPSA) is 371 Å². The fourth-order valence-electron chi connectivity index (χ4n) is 6.18. The van der Waals surface area contributed by atoms with Crippen molar-refractivity contribution in [2.75, 3.05) is 26.2 Å². The second-order valence-corrected chi connectivity index (χ2v) is 13.9. The Bertz CT molecular complexity index is 1530. The molecule has 0 unspecified atom stereocenters. The largest absolute Gasteiger partial charge is 0.481 e. The number of hydrogen-bond donors (Lipinski definition) is 11. The summed E-state index contributed by atoms with van der Waals surface area (Å²) in [4.78, 5) is 121. The van der Waals surface area contributed by atoms with Crippen molar-refractivity contribution in [3.63, 3.8) is 0 Å². The van der Waals surface area contributed by atoms with E-state index in [0.717, 1.165) is 11.8 Å². The third kappa shape index (κ3) is 14.2. The number of carboxylic acids is 1. The number of carbonyl (C=O) groups is 9. The zero-order valence-corrected chi connectivity index (χ0v) is 31.9. The van der Waals surface area contributed by atoms with E-state index in [1.54, 1.807) is 0 Å². The van der Waals surface area contributed by atoms with Gasteiger partial charge in [-0.2, -0.15) is 0 Å². The smallest absolute Gasteiger partial charge is 0.305 e. The first-order chi connectivity index (χ1) is 26.7. The predicted octanol–water partition coefficient (Wildman–Crippen LogP) is -6.19. The Kier molecular flexibility index (Phi) is 18.6. The molecule has 2 saturated heterocycles. The van der Waals surface area contributed by atoms with E-state index in [9.17, 15) is 57.8 Å². The number of aliphatic hydroxyl groups is 2. The molecule has 0 aromatic heterocycles. The number of carboxylic acid groups (broad SMARTS) is 1. The highest BCUT2D eigenvalue weighted by Crippen LogP contribution is 2.23. The van der Waals surface area contributed by atoms with E-state index < -0.39 is 134 Å². The van der Waals surface area contributed by atoms with Gasteiger partial charge in [0.2, 0.25) is 41.4 Å². The quantitative estimate of drug-likeness (QED) is 0.0222. The second kappa shape index (κ2) is 22.3. The normalized spacial score (nSPS) is 21.4. The van der Waals surface area contributed by atoms with Gasteiger partial charge in [-0.05, 0) is 46.5 Å². The number of aldehydes is 1. The molecule has 0 saturated carbocycles. The third-order valence-corrected chi connectivity index (χ3v) is 9.15. The van der Waals surface area contributed by atoms with Crippen molar-refractivity contribution in [3.05, 3.63) is 0 Å². The molecule has 24 heteroatoms. The molecular weight excluding hydrogens is 761 g/mol. The maximum absolute atomic E-state index is 14.6. The summed E-state index contributed by atoms with van der Waals surface area (Å²) >= 11 is 0. The molecule has 7 amide bonds. The van der Waals surface area contributed by atoms with Gasteiger partial charge in [-0.3, -0.25) is 43.3 Å². The molecule has 2 heterocycles. The van der Waals surface area contributed by atoms with Crippen LogP contribution in [-0.2, 0) is 43.2 Å². The van der Waals surface area contributed by atoms with Gasteiger partial charge in [0.05, 0.1) is 31.7 Å². The minimum Gasteiger partial charge on any atom is -0.481 e. The number of guanidine groups is 1. The molecule has 10 atom stereocenters. The van der Waals surface area contributed by atoms with Crippen molar-refractivity contribution < 1.29 is 62.9 Å². The van der Waals surface area contributed by atoms with Crippen LogP contribution in [0.2, 0.25) is 0 Å². The summed E-state index contributed by atoms with van der Waals surface area (Å²) in [5, 5.41) is 40.7. The number of halogens is 1. The standard InChI is InChI=1S/C33H54FN11O12/c1-15(13-46)39-28(53)22-7-5-9-44(22)32(57)20(6-4-8-38-33(36)37)41-30(55)25(17(3)48)43-27(52)21(11-24(49)50)42-29(54)23-10-18(34)12-45(23)31(56)16(2)40-26(51)19(35)14-47/h13,15-23,25,47-48H,4-12,14,35H2,1-3H3,(H,39,53)(H,40,51)(H,41,55)(H,42,54)(H,43,52)(H,49,50)(H4,36,37,38)/t15-,16-,17+,18-,19-,20-,21-,22-,23-,25-/m0/s1. The molecule has 320 valence electrons. The fraction of sp³-hybridized carbons (Fsp3) is 0.697. The molecule has 23 nitrogen and oxygen atoms in total. The zero-order valence-electron chi connectivity index (χ0n) is 31.9. The number of nitrogens with zero attached hydrogens (tertiary/aromatic N) is 3. The number of aliphatic imine (C=N–C) groups is 1. The molecule has 0 bridgehead atoms. The van der Waals surface area contributed by atoms with Crippen molar-refractivity contribution in [2.24, 2.45) is 22.2 Å². The van der Waals surface area contributed by atoms with Gasteiger partial charge in [-0.25, -0.2) is 4.39 Å². The van der Waals surface area contributed by atoms with Gasteiger partial charge < -0.3 is 73.7 Å². The molecule has 14 N–H and O–H groups in total. The minimum atomic E-state index is -1.94. The van der Waals surface area contributed by atoms with E-state index in [-0.39, 0.29) is 38.3 Å². The summed E-state index contributed by atoms with van der Waals surface area (Å²) in [6.45, 7) is 2.62. The van der Waals surface area contributed by atoms with Crippen LogP contribution < -0.4 is 43.8 Å². The van der Waals surface area contributed by atoms with Crippen LogP contribution in [-0.4, -0.2) is 172 Å². The summed E-state index contributed by atoms with van der Waals surface area (Å²) in [6.07, 6.45) is -3.77. The van der Waals surface area contributed by atoms with Crippen LogP contribution in [0.25, 0.3) is 0 Å². The molecule has 0 aliphatic carbocycles. The van der Waals surface area contributed by atoms with Crippen molar-refractivity contribution in [2.45, 2.75) is 120 Å². The highest BCUT2D eigenvalue weighted by atomic mass is 19.1. The summed E-state index contributed by atoms with van der Waals surface area (Å²) < 4.78 is 14.6. The van der Waals surface area contributed by atoms with Gasteiger partial charge >= 0.3 is 5.97 Å². The van der Waals surface area contributed by atoms with Crippen LogP contribution in [0, 0.1) is 0 Å². The zero-order chi connectivity index (χ0) is 43.1. The van der Waals surface area contributed by atoms with Gasteiger partial charge in [0.1, 0.15) is 54.8 Å². The van der Waals surface area contributed by atoms with E-state index in [1.165, 1.54) is 18.7 Å². The van der Waals surface area contributed by atoms with Gasteiger partial charge in [-0.1, -0.05) is 0 Å². The lowest BCUT2D eigenvalue weighted by atomic mass is 10.1. The average Bonchev–Trinajstić information content (AvgIpc) is 3.80. The first-order valence-electron chi connectivity index (χ1n) is 18.3. The number of carbonyl (C=O) groups excluding carboxylic acids is 8. The Morgan fingerprint density at radius 3 is 2.11 bits per heavy atom. The molecule has 2 rings (SSSR count). The van der Waals surface area contributed by atoms with Gasteiger partial charge in [0.15, 0.2) is 5.96 Å². The van der Waals surface area contributed by atoms with Crippen LogP contribution in [0.3, 0.4) is 0 Å². The number of nitrogens with one attached hydrogen (secondary N) is 5. The Morgan fingerprint density at radius 1 is 0.877 bits per heavy atom. The molecule has 0 spiro atoms. The SMILES string of the molecule is C[C@H](NC(=O)[C@@H](N)CO)C(=O)N1C[C@@H](F)C[C@H]1C(=O)N[C@@H](CC(=O)O)C(=O)N[C@H](C(=O)N[C@@H](CCCN=C(N)N)C(=O)N1CCC[C@H]1C(=O)N[C@@H](C)C=O)[C@@H](C)O. The van der Waals surface area contributed by atoms with Crippen molar-refractivity contribution >= 4 is 59.6 Å². The molecule has 0 aromatic rings. The van der Waals surface area contributed by atoms with E-state index >= 15 is 0 Å². The van der Waals surface area contributed by atoms with E-state index in [2.05, 4.69) is 31.6 Å². The molecule has 2 fully saturated rings. The number of aliphatic carboxylic acids is 1. The second-order valence-electron chi connectivity index (χ2n) is 13.9. The number of nitrogens with two attached hydrogens (primary N) is 3. The lowest BCUT2D eigenvalue weighted by Gasteiger charge is -2.31. The van der Waals surface area contributed by atoms with E-state index in [4.69, 9.17) is 22.3 Å². The van der Waals surface area contributed by atoms with E-state index in [0.29, 0.717) is 12.7 Å². The highest BCUT2D eigenvalue weighted by molar-refractivity contribution is 5.98. The summed E-state index contributed by atoms with van der Waals surface area (Å²) in [5.74, 6) is -8.49. The number of aliphatic hydroxyl groups excluding tert-OH is 2. The molecule has 0 radical (unpaired) electrons. The minimum absolute atomic E-state index is 0.0362. The van der Waals surface area contributed by atoms with Crippen molar-refractivity contribution in [3.8, 4) is 0 Å². The Labute approximate surface area is 327 Å². The highest BCUT2D eigenvalue weighted by Gasteiger charge is 2.44. The number of alkyl halides is 1. The van der Waals surface area contributed by atoms with Crippen LogP contribution in [0.1, 0.15) is 59.3 Å². The van der Waals surface area contributed by atoms with Crippen LogP contribution in [0.15, 0.2) is 4.99 Å². The van der Waals surface area contributed by atoms with Crippen molar-refractivity contribution in [1.29, 1.82) is 0 Å². The monoisotopic (exact) mass is 815 g/mol. The lowest BCUT2D eigenvalue weighted by molar-refractivity contribution is -0.144. The number of rotatable bonds is 21. The van der Waals surface area contributed by atoms with Gasteiger partial charge in [0, 0.05) is 19.5 Å². The first-order valence-corrected chi connectivity index (χ1v) is 18.3. The maximum atomic E-state index is 14.6. The van der Waals surface area contributed by atoms with Crippen LogP contribution >= 0.6 is 0 Å². The van der Waals surface area contributed by atoms with Gasteiger partial charge in [0.25, 0.3) is 0 Å². The summed E-state index contributed by atoms with van der Waals surface area (Å²) in [6, 6.07) is -11.2. The molecule has 2 aliphatic heterocycles. The van der Waals surface area contributed by atoms with Crippen LogP contribution in [0.5, 0.6) is 0 Å². The summed E-state index contributed by atoms with van der Waals surface area (Å²) in [5.41, 5.74) is 16.2. The molecule has 0 aromatic carbocycles. The Balaban J connectivity index is 2.28. The first kappa shape index (κ1) is 47.7. The van der Waals surface area contributed by atoms with E-state index in [1.807, 2.05) is 0 Å². The third-order valence-electron chi connectivity index (χ3n) is 9.15. The molecule has 2 aliphatic rings. The Hall–Kier alpha value is -5.49. The fourth-order valence-corrected chi connectivity index (χ4v) is 6.18. The Morgan fingerprint density at radius 2 is 1.53 bits per heavy atom.